The molecule has 3 rings (SSSR count). The normalized spacial score (nSPS) is 11.0. The summed E-state index contributed by atoms with van der Waals surface area (Å²) in [6.07, 6.45) is 0.868. The van der Waals surface area contributed by atoms with Gasteiger partial charge in [-0.05, 0) is 54.1 Å². The van der Waals surface area contributed by atoms with Crippen LogP contribution in [0, 0.1) is 6.92 Å². The van der Waals surface area contributed by atoms with E-state index in [1.54, 1.807) is 11.9 Å². The van der Waals surface area contributed by atoms with Crippen LogP contribution in [0.5, 0.6) is 0 Å². The largest absolute Gasteiger partial charge is 0.325 e. The molecule has 0 aliphatic rings. The summed E-state index contributed by atoms with van der Waals surface area (Å²) in [5.41, 5.74) is 4.83. The molecule has 5 heteroatoms. The Balaban J connectivity index is 0.00000145. The van der Waals surface area contributed by atoms with Crippen LogP contribution >= 0.6 is 11.9 Å². The molecule has 0 bridgehead atoms. The second-order valence-corrected chi connectivity index (χ2v) is 8.76. The van der Waals surface area contributed by atoms with Crippen LogP contribution in [-0.4, -0.2) is 14.8 Å². The maximum absolute atomic E-state index is 4.42. The summed E-state index contributed by atoms with van der Waals surface area (Å²) in [4.78, 5) is 1.18. The van der Waals surface area contributed by atoms with Gasteiger partial charge in [-0.1, -0.05) is 65.3 Å². The Morgan fingerprint density at radius 1 is 1.00 bits per heavy atom. The molecule has 1 aromatic heterocycles. The highest BCUT2D eigenvalue weighted by Crippen LogP contribution is 2.32. The van der Waals surface area contributed by atoms with Gasteiger partial charge in [-0.15, -0.1) is 10.2 Å². The predicted octanol–water partition coefficient (Wildman–Crippen LogP) is 6.80. The van der Waals surface area contributed by atoms with Crippen LogP contribution < -0.4 is 4.72 Å². The van der Waals surface area contributed by atoms with Crippen LogP contribution in [0.2, 0.25) is 0 Å². The number of hydrogen-bond acceptors (Lipinski definition) is 4. The average molecular weight is 411 g/mol. The summed E-state index contributed by atoms with van der Waals surface area (Å²) in [7, 11) is 2.03. The number of anilines is 1. The average Bonchev–Trinajstić information content (AvgIpc) is 3.08. The van der Waals surface area contributed by atoms with Gasteiger partial charge in [0.25, 0.3) is 0 Å². The van der Waals surface area contributed by atoms with E-state index in [1.807, 2.05) is 20.9 Å². The van der Waals surface area contributed by atoms with Crippen molar-refractivity contribution in [3.63, 3.8) is 0 Å². The Morgan fingerprint density at radius 2 is 1.66 bits per heavy atom. The minimum Gasteiger partial charge on any atom is -0.325 e. The molecule has 0 atom stereocenters. The van der Waals surface area contributed by atoms with E-state index in [9.17, 15) is 0 Å². The second kappa shape index (κ2) is 9.97. The van der Waals surface area contributed by atoms with Gasteiger partial charge in [0.15, 0.2) is 5.82 Å². The highest BCUT2D eigenvalue weighted by molar-refractivity contribution is 8.00. The fraction of sp³-hybridized carbons (Fsp3) is 0.417. The van der Waals surface area contributed by atoms with Gasteiger partial charge in [-0.3, -0.25) is 0 Å². The first-order valence-electron chi connectivity index (χ1n) is 10.3. The molecule has 0 radical (unpaired) electrons. The molecule has 1 heterocycles. The second-order valence-electron chi connectivity index (χ2n) is 7.88. The first-order valence-corrected chi connectivity index (χ1v) is 11.1. The van der Waals surface area contributed by atoms with Crippen LogP contribution in [0.4, 0.5) is 5.69 Å². The van der Waals surface area contributed by atoms with Crippen molar-refractivity contribution in [3.05, 3.63) is 59.4 Å². The van der Waals surface area contributed by atoms with Crippen LogP contribution in [-0.2, 0) is 18.9 Å². The highest BCUT2D eigenvalue weighted by Gasteiger charge is 2.15. The van der Waals surface area contributed by atoms with E-state index < -0.39 is 0 Å². The molecule has 3 aromatic rings. The topological polar surface area (TPSA) is 42.7 Å². The molecule has 4 nitrogen and oxygen atoms in total. The quantitative estimate of drug-likeness (QED) is 0.470. The van der Waals surface area contributed by atoms with E-state index in [1.165, 1.54) is 16.0 Å². The third kappa shape index (κ3) is 5.63. The fourth-order valence-corrected chi connectivity index (χ4v) is 3.65. The number of benzene rings is 2. The van der Waals surface area contributed by atoms with Crippen molar-refractivity contribution in [3.8, 4) is 11.4 Å². The number of aromatic nitrogens is 3. The third-order valence-corrected chi connectivity index (χ3v) is 5.53. The van der Waals surface area contributed by atoms with Crippen molar-refractivity contribution in [2.45, 2.75) is 65.2 Å². The van der Waals surface area contributed by atoms with Gasteiger partial charge in [0, 0.05) is 23.9 Å². The van der Waals surface area contributed by atoms with Crippen molar-refractivity contribution in [2.75, 3.05) is 4.72 Å². The van der Waals surface area contributed by atoms with Crippen molar-refractivity contribution in [2.24, 2.45) is 7.05 Å². The number of hydrogen-bond donors (Lipinski definition) is 1. The Bertz CT molecular complexity index is 921. The lowest BCUT2D eigenvalue weighted by molar-refractivity contribution is 0.590. The van der Waals surface area contributed by atoms with Gasteiger partial charge in [0.05, 0.1) is 5.69 Å². The summed E-state index contributed by atoms with van der Waals surface area (Å²) in [5.74, 6) is 1.88. The molecule has 0 aliphatic heterocycles. The third-order valence-electron chi connectivity index (χ3n) is 4.70. The van der Waals surface area contributed by atoms with Crippen molar-refractivity contribution in [1.82, 2.24) is 14.8 Å². The first-order chi connectivity index (χ1) is 13.8. The smallest absolute Gasteiger partial charge is 0.165 e. The maximum atomic E-state index is 4.42. The molecule has 0 fully saturated rings. The molecule has 2 aromatic carbocycles. The maximum Gasteiger partial charge on any atom is 0.165 e. The zero-order valence-electron chi connectivity index (χ0n) is 19.0. The predicted molar refractivity (Wildman–Crippen MR) is 127 cm³/mol. The van der Waals surface area contributed by atoms with Crippen LogP contribution in [0.1, 0.15) is 58.5 Å². The van der Waals surface area contributed by atoms with Crippen LogP contribution in [0.15, 0.2) is 47.4 Å². The summed E-state index contributed by atoms with van der Waals surface area (Å²) in [5, 5.41) is 8.73. The van der Waals surface area contributed by atoms with Crippen molar-refractivity contribution in [1.29, 1.82) is 0 Å². The first kappa shape index (κ1) is 23.0. The molecule has 0 spiro atoms. The number of nitrogens with one attached hydrogen (secondary N) is 1. The molecule has 0 saturated carbocycles. The summed E-state index contributed by atoms with van der Waals surface area (Å²) in [6.45, 7) is 14.9. The molecule has 0 aliphatic carbocycles. The van der Waals surface area contributed by atoms with E-state index >= 15 is 0 Å². The Morgan fingerprint density at radius 3 is 2.21 bits per heavy atom. The monoisotopic (exact) mass is 410 g/mol. The number of nitrogens with zero attached hydrogens (tertiary/aromatic N) is 3. The van der Waals surface area contributed by atoms with E-state index in [2.05, 4.69) is 96.6 Å². The SMILES string of the molecule is CC.CCc1nnc(-c2cc(C)ccc2NSc2ccc(C(C)(C)C)cc2)n1C. The van der Waals surface area contributed by atoms with Crippen LogP contribution in [0.25, 0.3) is 11.4 Å². The minimum absolute atomic E-state index is 0.170. The lowest BCUT2D eigenvalue weighted by Crippen LogP contribution is -2.10. The van der Waals surface area contributed by atoms with Gasteiger partial charge < -0.3 is 9.29 Å². The molecular formula is C24H34N4S. The fourth-order valence-electron chi connectivity index (χ4n) is 2.97. The lowest BCUT2D eigenvalue weighted by Gasteiger charge is -2.19. The zero-order chi connectivity index (χ0) is 21.6. The summed E-state index contributed by atoms with van der Waals surface area (Å²) in [6, 6.07) is 15.1. The Hall–Kier alpha value is -2.27. The molecule has 0 saturated heterocycles. The molecule has 0 amide bonds. The molecule has 1 N–H and O–H groups in total. The van der Waals surface area contributed by atoms with Gasteiger partial charge in [0.2, 0.25) is 0 Å². The highest BCUT2D eigenvalue weighted by atomic mass is 32.2. The minimum atomic E-state index is 0.170. The van der Waals surface area contributed by atoms with Gasteiger partial charge in [0.1, 0.15) is 5.82 Å². The van der Waals surface area contributed by atoms with Crippen molar-refractivity contribution < 1.29 is 0 Å². The zero-order valence-corrected chi connectivity index (χ0v) is 19.8. The van der Waals surface area contributed by atoms with Gasteiger partial charge in [-0.25, -0.2) is 0 Å². The van der Waals surface area contributed by atoms with E-state index in [4.69, 9.17) is 0 Å². The van der Waals surface area contributed by atoms with Crippen LogP contribution in [0.3, 0.4) is 0 Å². The van der Waals surface area contributed by atoms with Gasteiger partial charge >= 0.3 is 0 Å². The Kier molecular flexibility index (Phi) is 7.91. The number of rotatable bonds is 5. The standard InChI is InChI=1S/C22H28N4S.C2H6/c1-7-20-23-24-21(26(20)6)18-14-15(2)8-13-19(18)25-27-17-11-9-16(10-12-17)22(3,4)5;1-2/h8-14,25H,7H2,1-6H3;1-2H3. The number of aryl methyl sites for hydroxylation is 2. The molecule has 156 valence electrons. The van der Waals surface area contributed by atoms with E-state index in [0.29, 0.717) is 0 Å². The summed E-state index contributed by atoms with van der Waals surface area (Å²) < 4.78 is 5.58. The molecule has 29 heavy (non-hydrogen) atoms. The molecular weight excluding hydrogens is 376 g/mol. The molecule has 0 unspecified atom stereocenters. The van der Waals surface area contributed by atoms with Gasteiger partial charge in [-0.2, -0.15) is 0 Å². The Labute approximate surface area is 180 Å². The lowest BCUT2D eigenvalue weighted by atomic mass is 9.87. The van der Waals surface area contributed by atoms with Crippen molar-refractivity contribution >= 4 is 17.6 Å². The summed E-state index contributed by atoms with van der Waals surface area (Å²) >= 11 is 1.62. The van der Waals surface area contributed by atoms with E-state index in [-0.39, 0.29) is 5.41 Å². The van der Waals surface area contributed by atoms with E-state index in [0.717, 1.165) is 29.3 Å².